The SMILES string of the molecule is CCCCOC(=S)SCC(=O)O. The van der Waals surface area contributed by atoms with Crippen LogP contribution in [0, 0.1) is 0 Å². The number of hydrogen-bond donors (Lipinski definition) is 1. The first kappa shape index (κ1) is 11.7. The van der Waals surface area contributed by atoms with Gasteiger partial charge < -0.3 is 9.84 Å². The Balaban J connectivity index is 3.28. The molecular formula is C7H12O3S2. The molecule has 0 aromatic rings. The molecule has 0 heterocycles. The van der Waals surface area contributed by atoms with Crippen LogP contribution in [0.15, 0.2) is 0 Å². The van der Waals surface area contributed by atoms with Crippen LogP contribution in [0.4, 0.5) is 0 Å². The molecule has 0 amide bonds. The smallest absolute Gasteiger partial charge is 0.313 e. The van der Waals surface area contributed by atoms with E-state index in [2.05, 4.69) is 6.92 Å². The second-order valence-corrected chi connectivity index (χ2v) is 3.71. The lowest BCUT2D eigenvalue weighted by Gasteiger charge is -2.03. The number of carboxylic acid groups (broad SMARTS) is 1. The summed E-state index contributed by atoms with van der Waals surface area (Å²) < 4.78 is 5.39. The van der Waals surface area contributed by atoms with Gasteiger partial charge in [-0.3, -0.25) is 4.79 Å². The third-order valence-corrected chi connectivity index (χ3v) is 2.25. The van der Waals surface area contributed by atoms with Gasteiger partial charge in [-0.2, -0.15) is 0 Å². The first-order chi connectivity index (χ1) is 5.66. The van der Waals surface area contributed by atoms with Crippen LogP contribution in [0.5, 0.6) is 0 Å². The van der Waals surface area contributed by atoms with E-state index in [9.17, 15) is 4.79 Å². The summed E-state index contributed by atoms with van der Waals surface area (Å²) in [5.41, 5.74) is 0. The van der Waals surface area contributed by atoms with Gasteiger partial charge in [-0.05, 0) is 18.6 Å². The summed E-state index contributed by atoms with van der Waals surface area (Å²) >= 11 is 5.81. The molecule has 0 spiro atoms. The molecule has 0 aliphatic carbocycles. The van der Waals surface area contributed by atoms with Crippen molar-refractivity contribution >= 4 is 34.3 Å². The lowest BCUT2D eigenvalue weighted by Crippen LogP contribution is -2.04. The van der Waals surface area contributed by atoms with Crippen LogP contribution < -0.4 is 0 Å². The number of aliphatic carboxylic acids is 1. The lowest BCUT2D eigenvalue weighted by atomic mass is 10.4. The second kappa shape index (κ2) is 7.36. The van der Waals surface area contributed by atoms with Crippen LogP contribution in [0.2, 0.25) is 0 Å². The Morgan fingerprint density at radius 2 is 2.33 bits per heavy atom. The van der Waals surface area contributed by atoms with Crippen molar-refractivity contribution in [3.05, 3.63) is 0 Å². The first-order valence-electron chi connectivity index (χ1n) is 3.68. The zero-order chi connectivity index (χ0) is 9.40. The average Bonchev–Trinajstić information content (AvgIpc) is 2.01. The number of thiocarbonyl (C=S) groups is 1. The lowest BCUT2D eigenvalue weighted by molar-refractivity contribution is -0.133. The van der Waals surface area contributed by atoms with Crippen molar-refractivity contribution in [2.75, 3.05) is 12.4 Å². The molecule has 12 heavy (non-hydrogen) atoms. The van der Waals surface area contributed by atoms with Gasteiger partial charge in [-0.1, -0.05) is 25.1 Å². The van der Waals surface area contributed by atoms with Crippen LogP contribution >= 0.6 is 24.0 Å². The fraction of sp³-hybridized carbons (Fsp3) is 0.714. The maximum Gasteiger partial charge on any atom is 0.313 e. The highest BCUT2D eigenvalue weighted by Crippen LogP contribution is 2.05. The molecule has 0 aromatic carbocycles. The van der Waals surface area contributed by atoms with Crippen molar-refractivity contribution in [3.8, 4) is 0 Å². The highest BCUT2D eigenvalue weighted by molar-refractivity contribution is 8.22. The van der Waals surface area contributed by atoms with E-state index in [-0.39, 0.29) is 5.75 Å². The fourth-order valence-corrected chi connectivity index (χ4v) is 1.13. The minimum Gasteiger partial charge on any atom is -0.481 e. The number of carboxylic acids is 1. The molecule has 3 nitrogen and oxygen atoms in total. The van der Waals surface area contributed by atoms with Gasteiger partial charge >= 0.3 is 5.97 Å². The predicted octanol–water partition coefficient (Wildman–Crippen LogP) is 1.91. The van der Waals surface area contributed by atoms with Crippen molar-refractivity contribution in [1.82, 2.24) is 0 Å². The minimum atomic E-state index is -0.874. The van der Waals surface area contributed by atoms with E-state index in [1.54, 1.807) is 0 Å². The predicted molar refractivity (Wildman–Crippen MR) is 53.6 cm³/mol. The van der Waals surface area contributed by atoms with Gasteiger partial charge in [0.1, 0.15) is 0 Å². The molecule has 70 valence electrons. The number of ether oxygens (including phenoxy) is 1. The van der Waals surface area contributed by atoms with Gasteiger partial charge in [0.2, 0.25) is 4.38 Å². The van der Waals surface area contributed by atoms with E-state index in [0.717, 1.165) is 24.6 Å². The van der Waals surface area contributed by atoms with Crippen molar-refractivity contribution in [2.45, 2.75) is 19.8 Å². The Bertz CT molecular complexity index is 159. The maximum atomic E-state index is 10.1. The molecule has 5 heteroatoms. The number of rotatable bonds is 5. The largest absolute Gasteiger partial charge is 0.481 e. The summed E-state index contributed by atoms with van der Waals surface area (Å²) in [5, 5.41) is 8.30. The minimum absolute atomic E-state index is 0.0229. The molecule has 0 aliphatic rings. The third kappa shape index (κ3) is 7.81. The van der Waals surface area contributed by atoms with Crippen LogP contribution in [-0.4, -0.2) is 27.8 Å². The Hall–Kier alpha value is -0.290. The normalized spacial score (nSPS) is 9.42. The topological polar surface area (TPSA) is 46.5 Å². The van der Waals surface area contributed by atoms with Gasteiger partial charge in [-0.25, -0.2) is 0 Å². The van der Waals surface area contributed by atoms with E-state index < -0.39 is 5.97 Å². The van der Waals surface area contributed by atoms with Crippen LogP contribution in [0.25, 0.3) is 0 Å². The van der Waals surface area contributed by atoms with Crippen molar-refractivity contribution in [2.24, 2.45) is 0 Å². The van der Waals surface area contributed by atoms with Gasteiger partial charge in [0.25, 0.3) is 0 Å². The summed E-state index contributed by atoms with van der Waals surface area (Å²) in [5.74, 6) is -0.897. The Kier molecular flexibility index (Phi) is 7.19. The van der Waals surface area contributed by atoms with Crippen molar-refractivity contribution in [3.63, 3.8) is 0 Å². The zero-order valence-electron chi connectivity index (χ0n) is 6.91. The van der Waals surface area contributed by atoms with Gasteiger partial charge in [0, 0.05) is 0 Å². The van der Waals surface area contributed by atoms with Crippen molar-refractivity contribution < 1.29 is 14.6 Å². The second-order valence-electron chi connectivity index (χ2n) is 2.13. The summed E-state index contributed by atoms with van der Waals surface area (Å²) in [4.78, 5) is 10.1. The molecule has 0 saturated carbocycles. The monoisotopic (exact) mass is 208 g/mol. The van der Waals surface area contributed by atoms with Gasteiger partial charge in [-0.15, -0.1) is 0 Å². The Labute approximate surface area is 81.5 Å². The van der Waals surface area contributed by atoms with E-state index in [1.165, 1.54) is 0 Å². The Morgan fingerprint density at radius 3 is 2.83 bits per heavy atom. The molecule has 0 aliphatic heterocycles. The summed E-state index contributed by atoms with van der Waals surface area (Å²) in [6.07, 6.45) is 2.00. The van der Waals surface area contributed by atoms with E-state index >= 15 is 0 Å². The summed E-state index contributed by atoms with van der Waals surface area (Å²) in [7, 11) is 0. The van der Waals surface area contributed by atoms with Crippen LogP contribution in [-0.2, 0) is 9.53 Å². The van der Waals surface area contributed by atoms with E-state index in [0.29, 0.717) is 11.0 Å². The number of carbonyl (C=O) groups is 1. The highest BCUT2D eigenvalue weighted by Gasteiger charge is 2.02. The standard InChI is InChI=1S/C7H12O3S2/c1-2-3-4-10-7(11)12-5-6(8)9/h2-5H2,1H3,(H,8,9). The fourth-order valence-electron chi connectivity index (χ4n) is 0.462. The van der Waals surface area contributed by atoms with Crippen molar-refractivity contribution in [1.29, 1.82) is 0 Å². The number of unbranched alkanes of at least 4 members (excludes halogenated alkanes) is 1. The van der Waals surface area contributed by atoms with E-state index in [1.807, 2.05) is 0 Å². The molecule has 0 atom stereocenters. The van der Waals surface area contributed by atoms with Gasteiger partial charge in [0.15, 0.2) is 0 Å². The third-order valence-electron chi connectivity index (χ3n) is 1.03. The Morgan fingerprint density at radius 1 is 1.67 bits per heavy atom. The molecule has 0 radical (unpaired) electrons. The van der Waals surface area contributed by atoms with Gasteiger partial charge in [0.05, 0.1) is 12.4 Å². The molecule has 0 fully saturated rings. The molecule has 0 saturated heterocycles. The summed E-state index contributed by atoms with van der Waals surface area (Å²) in [6, 6.07) is 0. The molecule has 0 rings (SSSR count). The molecular weight excluding hydrogens is 196 g/mol. The molecule has 0 aromatic heterocycles. The molecule has 1 N–H and O–H groups in total. The maximum absolute atomic E-state index is 10.1. The number of thioether (sulfide) groups is 1. The first-order valence-corrected chi connectivity index (χ1v) is 5.07. The molecule has 0 unspecified atom stereocenters. The zero-order valence-corrected chi connectivity index (χ0v) is 8.54. The van der Waals surface area contributed by atoms with Crippen LogP contribution in [0.1, 0.15) is 19.8 Å². The van der Waals surface area contributed by atoms with Crippen LogP contribution in [0.3, 0.4) is 0 Å². The molecule has 0 bridgehead atoms. The highest BCUT2D eigenvalue weighted by atomic mass is 32.2. The van der Waals surface area contributed by atoms with E-state index in [4.69, 9.17) is 22.1 Å². The number of hydrogen-bond acceptors (Lipinski definition) is 4. The average molecular weight is 208 g/mol. The quantitative estimate of drug-likeness (QED) is 0.552. The summed E-state index contributed by atoms with van der Waals surface area (Å²) in [6.45, 7) is 2.64.